The van der Waals surface area contributed by atoms with Gasteiger partial charge in [0.05, 0.1) is 0 Å². The largest absolute Gasteiger partial charge is 0.299 e. The summed E-state index contributed by atoms with van der Waals surface area (Å²) in [5.74, 6) is 0. The first-order valence-corrected chi connectivity index (χ1v) is 9.34. The van der Waals surface area contributed by atoms with Gasteiger partial charge in [0.1, 0.15) is 0 Å². The van der Waals surface area contributed by atoms with Crippen molar-refractivity contribution in [3.8, 4) is 0 Å². The second-order valence-corrected chi connectivity index (χ2v) is 7.25. The maximum atomic E-state index is 8.67. The van der Waals surface area contributed by atoms with Crippen LogP contribution in [-0.4, -0.2) is 13.3 Å². The lowest BCUT2D eigenvalue weighted by Crippen LogP contribution is -2.20. The molecule has 118 valence electrons. The molecule has 0 heterocycles. The van der Waals surface area contributed by atoms with Crippen molar-refractivity contribution in [3.63, 3.8) is 0 Å². The van der Waals surface area contributed by atoms with Crippen molar-refractivity contribution in [2.75, 3.05) is 0 Å². The van der Waals surface area contributed by atoms with Crippen LogP contribution in [0.15, 0.2) is 91.0 Å². The highest BCUT2D eigenvalue weighted by molar-refractivity contribution is 7.79. The van der Waals surface area contributed by atoms with Crippen LogP contribution in [0.3, 0.4) is 0 Å². The third-order valence-electron chi connectivity index (χ3n) is 3.04. The van der Waals surface area contributed by atoms with Gasteiger partial charge in [-0.25, -0.2) is 0 Å². The van der Waals surface area contributed by atoms with Crippen LogP contribution in [0.1, 0.15) is 0 Å². The van der Waals surface area contributed by atoms with E-state index in [0.717, 1.165) is 0 Å². The number of benzene rings is 3. The van der Waals surface area contributed by atoms with Gasteiger partial charge in [0, 0.05) is 0 Å². The zero-order valence-electron chi connectivity index (χ0n) is 12.3. The summed E-state index contributed by atoms with van der Waals surface area (Å²) in [6, 6.07) is 32.3. The van der Waals surface area contributed by atoms with Crippen molar-refractivity contribution in [3.05, 3.63) is 91.0 Å². The molecule has 0 aliphatic heterocycles. The molecular weight excluding hydrogens is 327 g/mol. The molecule has 3 rings (SSSR count). The molecule has 0 aromatic heterocycles. The molecule has 0 aliphatic carbocycles. The van der Waals surface area contributed by atoms with E-state index in [9.17, 15) is 0 Å². The van der Waals surface area contributed by atoms with Crippen molar-refractivity contribution in [2.24, 2.45) is 0 Å². The molecule has 0 saturated carbocycles. The van der Waals surface area contributed by atoms with Gasteiger partial charge in [0.2, 0.25) is 0 Å². The predicted molar refractivity (Wildman–Crippen MR) is 98.5 cm³/mol. The maximum Gasteiger partial charge on any atom is 0.299 e. The van der Waals surface area contributed by atoms with Crippen LogP contribution < -0.4 is 15.9 Å². The molecule has 3 aromatic rings. The van der Waals surface area contributed by atoms with Crippen LogP contribution in [-0.2, 0) is 11.4 Å². The summed E-state index contributed by atoms with van der Waals surface area (Å²) < 4.78 is 22.8. The average Bonchev–Trinajstić information content (AvgIpc) is 2.58. The highest BCUT2D eigenvalue weighted by Gasteiger charge is 2.14. The van der Waals surface area contributed by atoms with Gasteiger partial charge in [0.25, 0.3) is 11.4 Å². The first-order valence-electron chi connectivity index (χ1n) is 6.93. The zero-order chi connectivity index (χ0) is 16.5. The Kier molecular flexibility index (Phi) is 7.11. The second-order valence-electron chi connectivity index (χ2n) is 4.57. The summed E-state index contributed by atoms with van der Waals surface area (Å²) in [6.07, 6.45) is 0. The Labute approximate surface area is 139 Å². The van der Waals surface area contributed by atoms with E-state index in [-0.39, 0.29) is 0 Å². The van der Waals surface area contributed by atoms with Crippen molar-refractivity contribution < 1.29 is 13.3 Å². The Hall–Kier alpha value is -1.84. The summed E-state index contributed by atoms with van der Waals surface area (Å²) in [7, 11) is -0.446. The number of rotatable bonds is 3. The Morgan fingerprint density at radius 3 is 1.00 bits per heavy atom. The van der Waals surface area contributed by atoms with E-state index in [1.165, 1.54) is 15.9 Å². The monoisotopic (exact) mass is 344 g/mol. The van der Waals surface area contributed by atoms with E-state index in [2.05, 4.69) is 91.0 Å². The Morgan fingerprint density at radius 1 is 0.565 bits per heavy atom. The SMILES string of the molecule is O=S(O)O.c1ccc(P(c2ccccc2)c2ccccc2)cc1. The predicted octanol–water partition coefficient (Wildman–Crippen LogP) is 3.13. The average molecular weight is 344 g/mol. The maximum absolute atomic E-state index is 8.67. The van der Waals surface area contributed by atoms with Gasteiger partial charge in [-0.15, -0.1) is 0 Å². The third kappa shape index (κ3) is 5.70. The smallest absolute Gasteiger partial charge is 0.284 e. The Morgan fingerprint density at radius 2 is 0.783 bits per heavy atom. The van der Waals surface area contributed by atoms with Crippen LogP contribution in [0.2, 0.25) is 0 Å². The summed E-state index contributed by atoms with van der Waals surface area (Å²) in [4.78, 5) is 0. The summed E-state index contributed by atoms with van der Waals surface area (Å²) in [6.45, 7) is 0. The Balaban J connectivity index is 0.000000433. The lowest BCUT2D eigenvalue weighted by Gasteiger charge is -2.18. The molecule has 5 heteroatoms. The van der Waals surface area contributed by atoms with Gasteiger partial charge in [-0.2, -0.15) is 4.21 Å². The Bertz CT molecular complexity index is 623. The second kappa shape index (κ2) is 9.33. The van der Waals surface area contributed by atoms with E-state index >= 15 is 0 Å². The van der Waals surface area contributed by atoms with E-state index < -0.39 is 19.3 Å². The number of hydrogen-bond donors (Lipinski definition) is 2. The van der Waals surface area contributed by atoms with E-state index in [1.807, 2.05) is 0 Å². The van der Waals surface area contributed by atoms with Crippen molar-refractivity contribution in [2.45, 2.75) is 0 Å². The summed E-state index contributed by atoms with van der Waals surface area (Å²) >= 11 is -2.61. The minimum Gasteiger partial charge on any atom is -0.284 e. The van der Waals surface area contributed by atoms with Gasteiger partial charge >= 0.3 is 0 Å². The molecule has 0 aliphatic rings. The number of hydrogen-bond acceptors (Lipinski definition) is 1. The van der Waals surface area contributed by atoms with Crippen LogP contribution in [0.5, 0.6) is 0 Å². The molecule has 0 bridgehead atoms. The quantitative estimate of drug-likeness (QED) is 0.567. The van der Waals surface area contributed by atoms with Crippen molar-refractivity contribution in [1.82, 2.24) is 0 Å². The summed E-state index contributed by atoms with van der Waals surface area (Å²) in [5, 5.41) is 4.19. The van der Waals surface area contributed by atoms with Gasteiger partial charge in [0.15, 0.2) is 0 Å². The fourth-order valence-corrected chi connectivity index (χ4v) is 4.48. The topological polar surface area (TPSA) is 57.5 Å². The van der Waals surface area contributed by atoms with Crippen LogP contribution in [0, 0.1) is 0 Å². The fourth-order valence-electron chi connectivity index (χ4n) is 2.18. The minimum atomic E-state index is -2.61. The molecule has 0 radical (unpaired) electrons. The highest BCUT2D eigenvalue weighted by Crippen LogP contribution is 2.32. The normalized spacial score (nSPS) is 10.3. The van der Waals surface area contributed by atoms with Crippen molar-refractivity contribution >= 4 is 35.2 Å². The molecule has 0 atom stereocenters. The fraction of sp³-hybridized carbons (Fsp3) is 0. The summed E-state index contributed by atoms with van der Waals surface area (Å²) in [5.41, 5.74) is 0. The van der Waals surface area contributed by atoms with E-state index in [1.54, 1.807) is 0 Å². The molecule has 0 saturated heterocycles. The molecule has 3 aromatic carbocycles. The van der Waals surface area contributed by atoms with Gasteiger partial charge in [-0.3, -0.25) is 9.11 Å². The van der Waals surface area contributed by atoms with Gasteiger partial charge < -0.3 is 0 Å². The van der Waals surface area contributed by atoms with Gasteiger partial charge in [-0.1, -0.05) is 91.0 Å². The standard InChI is InChI=1S/C18H15P.H2O3S/c1-4-10-16(11-5-1)19(17-12-6-2-7-13-17)18-14-8-3-9-15-18;1-4(2)3/h1-15H;(H2,1,2,3). The van der Waals surface area contributed by atoms with E-state index in [0.29, 0.717) is 0 Å². The first-order chi connectivity index (χ1) is 11.2. The third-order valence-corrected chi connectivity index (χ3v) is 5.49. The van der Waals surface area contributed by atoms with Crippen LogP contribution >= 0.6 is 7.92 Å². The first kappa shape index (κ1) is 17.5. The molecule has 2 N–H and O–H groups in total. The molecule has 3 nitrogen and oxygen atoms in total. The zero-order valence-corrected chi connectivity index (χ0v) is 14.0. The molecule has 0 spiro atoms. The van der Waals surface area contributed by atoms with Crippen LogP contribution in [0.4, 0.5) is 0 Å². The molecule has 0 amide bonds. The lowest BCUT2D eigenvalue weighted by atomic mass is 10.4. The van der Waals surface area contributed by atoms with Gasteiger partial charge in [-0.05, 0) is 23.8 Å². The molecule has 23 heavy (non-hydrogen) atoms. The lowest BCUT2D eigenvalue weighted by molar-refractivity contribution is 0.454. The highest BCUT2D eigenvalue weighted by atomic mass is 32.2. The molecule has 0 unspecified atom stereocenters. The van der Waals surface area contributed by atoms with E-state index in [4.69, 9.17) is 13.3 Å². The van der Waals surface area contributed by atoms with Crippen LogP contribution in [0.25, 0.3) is 0 Å². The van der Waals surface area contributed by atoms with Crippen molar-refractivity contribution in [1.29, 1.82) is 0 Å². The minimum absolute atomic E-state index is 0.446. The molecule has 0 fully saturated rings. The molecular formula is C18H17O3PS.